The van der Waals surface area contributed by atoms with Crippen molar-refractivity contribution in [3.8, 4) is 0 Å². The van der Waals surface area contributed by atoms with Gasteiger partial charge in [-0.25, -0.2) is 4.39 Å². The summed E-state index contributed by atoms with van der Waals surface area (Å²) in [7, 11) is 1.75. The number of benzene rings is 1. The van der Waals surface area contributed by atoms with Gasteiger partial charge in [0, 0.05) is 17.8 Å². The quantitative estimate of drug-likeness (QED) is 0.272. The van der Waals surface area contributed by atoms with E-state index in [2.05, 4.69) is 54.9 Å². The minimum absolute atomic E-state index is 0.187. The second-order valence-electron chi connectivity index (χ2n) is 13.0. The number of methoxy groups -OCH3 is 1. The summed E-state index contributed by atoms with van der Waals surface area (Å²) in [6, 6.07) is 5.30. The molecule has 4 heteroatoms. The molecule has 0 spiro atoms. The van der Waals surface area contributed by atoms with Crippen molar-refractivity contribution in [2.45, 2.75) is 90.9 Å². The van der Waals surface area contributed by atoms with Crippen molar-refractivity contribution in [2.24, 2.45) is 11.8 Å². The third-order valence-corrected chi connectivity index (χ3v) is 9.68. The highest BCUT2D eigenvalue weighted by atomic mass is 19.1. The molecule has 0 aromatic heterocycles. The van der Waals surface area contributed by atoms with Gasteiger partial charge in [0.05, 0.1) is 13.7 Å². The third-order valence-electron chi connectivity index (χ3n) is 9.68. The molecule has 0 saturated heterocycles. The van der Waals surface area contributed by atoms with E-state index in [1.807, 2.05) is 12.1 Å². The van der Waals surface area contributed by atoms with Gasteiger partial charge in [0.1, 0.15) is 11.6 Å². The van der Waals surface area contributed by atoms with Gasteiger partial charge in [-0.3, -0.25) is 4.79 Å². The Balaban J connectivity index is 1.23. The summed E-state index contributed by atoms with van der Waals surface area (Å²) in [5.74, 6) is 2.09. The average Bonchev–Trinajstić information content (AvgIpc) is 3.33. The van der Waals surface area contributed by atoms with E-state index >= 15 is 0 Å². The number of carbonyl (C=O) groups is 1. The zero-order chi connectivity index (χ0) is 30.3. The van der Waals surface area contributed by atoms with Crippen LogP contribution in [0.3, 0.4) is 0 Å². The summed E-state index contributed by atoms with van der Waals surface area (Å²) >= 11 is 0. The second kappa shape index (κ2) is 14.4. The molecule has 228 valence electrons. The predicted molar refractivity (Wildman–Crippen MR) is 175 cm³/mol. The highest BCUT2D eigenvalue weighted by molar-refractivity contribution is 5.85. The normalized spacial score (nSPS) is 21.9. The number of hydrogen-bond acceptors (Lipinski definition) is 3. The maximum atomic E-state index is 14.0. The van der Waals surface area contributed by atoms with E-state index in [0.29, 0.717) is 30.4 Å². The van der Waals surface area contributed by atoms with Gasteiger partial charge >= 0.3 is 0 Å². The standard InChI is InChI=1S/C39H48FNO2/c1-27-10-8-13-32(24-39(27)43-4)22-30-11-9-12-31(17-16-30)23-36(42)26-41-29(3)21-35(34-18-19-37(40)28(2)20-34)25-38(41)33-14-6-5-7-15-33/h8,10,12,18-21,24-25,30,33H,3,5-7,9,11,13-17,22-23,26H2,1-2,4H3. The molecule has 1 atom stereocenters. The Morgan fingerprint density at radius 2 is 1.86 bits per heavy atom. The highest BCUT2D eigenvalue weighted by Gasteiger charge is 2.28. The molecule has 0 amide bonds. The molecule has 1 saturated carbocycles. The Morgan fingerprint density at radius 3 is 2.63 bits per heavy atom. The van der Waals surface area contributed by atoms with Gasteiger partial charge < -0.3 is 9.64 Å². The zero-order valence-corrected chi connectivity index (χ0v) is 26.4. The fourth-order valence-electron chi connectivity index (χ4n) is 7.19. The van der Waals surface area contributed by atoms with Crippen LogP contribution in [-0.4, -0.2) is 24.3 Å². The first-order chi connectivity index (χ1) is 20.8. The van der Waals surface area contributed by atoms with E-state index in [-0.39, 0.29) is 11.6 Å². The summed E-state index contributed by atoms with van der Waals surface area (Å²) in [6.07, 6.45) is 26.2. The minimum Gasteiger partial charge on any atom is -0.496 e. The molecule has 43 heavy (non-hydrogen) atoms. The fourth-order valence-corrected chi connectivity index (χ4v) is 7.19. The van der Waals surface area contributed by atoms with Gasteiger partial charge in [-0.2, -0.15) is 0 Å². The summed E-state index contributed by atoms with van der Waals surface area (Å²) in [5.41, 5.74) is 8.66. The molecule has 5 rings (SSSR count). The van der Waals surface area contributed by atoms with E-state index in [1.54, 1.807) is 20.1 Å². The van der Waals surface area contributed by atoms with E-state index in [4.69, 9.17) is 4.74 Å². The smallest absolute Gasteiger partial charge is 0.156 e. The topological polar surface area (TPSA) is 29.5 Å². The van der Waals surface area contributed by atoms with Crippen LogP contribution in [0, 0.1) is 24.6 Å². The Bertz CT molecular complexity index is 1410. The predicted octanol–water partition coefficient (Wildman–Crippen LogP) is 10.1. The molecule has 3 aliphatic carbocycles. The molecule has 0 bridgehead atoms. The number of aryl methyl sites for hydroxylation is 1. The van der Waals surface area contributed by atoms with Gasteiger partial charge in [-0.1, -0.05) is 61.3 Å². The maximum absolute atomic E-state index is 14.0. The van der Waals surface area contributed by atoms with Gasteiger partial charge in [0.25, 0.3) is 0 Å². The van der Waals surface area contributed by atoms with Crippen LogP contribution in [0.2, 0.25) is 0 Å². The van der Waals surface area contributed by atoms with Crippen LogP contribution in [0.25, 0.3) is 5.57 Å². The van der Waals surface area contributed by atoms with Crippen LogP contribution in [0.15, 0.2) is 95.1 Å². The molecule has 4 aliphatic rings. The van der Waals surface area contributed by atoms with E-state index in [1.165, 1.54) is 41.7 Å². The van der Waals surface area contributed by atoms with Crippen LogP contribution in [0.4, 0.5) is 4.39 Å². The molecular weight excluding hydrogens is 533 g/mol. The van der Waals surface area contributed by atoms with Crippen LogP contribution in [0.1, 0.15) is 95.1 Å². The van der Waals surface area contributed by atoms with Crippen LogP contribution in [0.5, 0.6) is 0 Å². The number of ketones is 1. The number of rotatable bonds is 9. The van der Waals surface area contributed by atoms with Crippen LogP contribution >= 0.6 is 0 Å². The molecule has 0 N–H and O–H groups in total. The number of ether oxygens (including phenoxy) is 1. The molecule has 1 aliphatic heterocycles. The van der Waals surface area contributed by atoms with Gasteiger partial charge in [0.15, 0.2) is 5.78 Å². The summed E-state index contributed by atoms with van der Waals surface area (Å²) in [4.78, 5) is 15.8. The first-order valence-corrected chi connectivity index (χ1v) is 16.3. The Hall–Kier alpha value is -3.40. The summed E-state index contributed by atoms with van der Waals surface area (Å²) in [5, 5.41) is 0. The van der Waals surface area contributed by atoms with E-state index in [0.717, 1.165) is 74.0 Å². The minimum atomic E-state index is -0.187. The van der Waals surface area contributed by atoms with Crippen molar-refractivity contribution in [3.63, 3.8) is 0 Å². The number of Topliss-reactive ketones (excluding diaryl/α,β-unsaturated/α-hetero) is 1. The number of allylic oxidation sites excluding steroid dienone is 11. The SMILES string of the molecule is C=C1C=C(c2ccc(F)c(C)c2)C=C(C2CCCCC2)N1CC(=O)CC1=CCCC(CC2=CC(OC)=C(C)C=CC2)CC1. The van der Waals surface area contributed by atoms with Crippen molar-refractivity contribution < 1.29 is 13.9 Å². The average molecular weight is 582 g/mol. The Kier molecular flexibility index (Phi) is 10.4. The van der Waals surface area contributed by atoms with E-state index < -0.39 is 0 Å². The molecule has 3 nitrogen and oxygen atoms in total. The van der Waals surface area contributed by atoms with Crippen LogP contribution < -0.4 is 0 Å². The third kappa shape index (κ3) is 7.96. The molecule has 1 unspecified atom stereocenters. The zero-order valence-electron chi connectivity index (χ0n) is 26.4. The first kappa shape index (κ1) is 31.0. The number of halogens is 1. The lowest BCUT2D eigenvalue weighted by atomic mass is 9.83. The second-order valence-corrected chi connectivity index (χ2v) is 13.0. The molecule has 1 fully saturated rings. The lowest BCUT2D eigenvalue weighted by Gasteiger charge is -2.37. The van der Waals surface area contributed by atoms with Crippen LogP contribution in [-0.2, 0) is 9.53 Å². The number of carbonyl (C=O) groups excluding carboxylic acids is 1. The summed E-state index contributed by atoms with van der Waals surface area (Å²) in [6.45, 7) is 8.67. The van der Waals surface area contributed by atoms with Crippen molar-refractivity contribution in [2.75, 3.05) is 13.7 Å². The number of hydrogen-bond donors (Lipinski definition) is 0. The Labute approximate surface area is 258 Å². The lowest BCUT2D eigenvalue weighted by Crippen LogP contribution is -2.33. The fraction of sp³-hybridized carbons (Fsp3) is 0.462. The molecule has 1 aromatic rings. The molecule has 1 heterocycles. The van der Waals surface area contributed by atoms with Crippen molar-refractivity contribution in [1.82, 2.24) is 4.90 Å². The maximum Gasteiger partial charge on any atom is 0.156 e. The van der Waals surface area contributed by atoms with Crippen molar-refractivity contribution in [3.05, 3.63) is 112 Å². The molecule has 0 radical (unpaired) electrons. The number of nitrogens with zero attached hydrogens (tertiary/aromatic N) is 1. The van der Waals surface area contributed by atoms with Crippen molar-refractivity contribution >= 4 is 11.4 Å². The largest absolute Gasteiger partial charge is 0.496 e. The van der Waals surface area contributed by atoms with Gasteiger partial charge in [-0.05, 0) is 130 Å². The highest BCUT2D eigenvalue weighted by Crippen LogP contribution is 2.39. The monoisotopic (exact) mass is 581 g/mol. The Morgan fingerprint density at radius 1 is 1.05 bits per heavy atom. The van der Waals surface area contributed by atoms with Gasteiger partial charge in [0.2, 0.25) is 0 Å². The van der Waals surface area contributed by atoms with E-state index in [9.17, 15) is 9.18 Å². The van der Waals surface area contributed by atoms with Gasteiger partial charge in [-0.15, -0.1) is 0 Å². The first-order valence-electron chi connectivity index (χ1n) is 16.3. The molecular formula is C39H48FNO2. The molecule has 1 aromatic carbocycles. The summed E-state index contributed by atoms with van der Waals surface area (Å²) < 4.78 is 19.6. The lowest BCUT2D eigenvalue weighted by molar-refractivity contribution is -0.118. The van der Waals surface area contributed by atoms with Crippen molar-refractivity contribution in [1.29, 1.82) is 0 Å².